The van der Waals surface area contributed by atoms with Gasteiger partial charge in [-0.05, 0) is 36.4 Å². The second-order valence-corrected chi connectivity index (χ2v) is 5.64. The summed E-state index contributed by atoms with van der Waals surface area (Å²) in [5.74, 6) is 0.288. The molecule has 0 fully saturated rings. The maximum absolute atomic E-state index is 11.9. The summed E-state index contributed by atoms with van der Waals surface area (Å²) in [6.07, 6.45) is 0. The Balaban J connectivity index is 2.39. The van der Waals surface area contributed by atoms with Crippen LogP contribution in [0.2, 0.25) is 5.02 Å². The van der Waals surface area contributed by atoms with Crippen LogP contribution in [0.25, 0.3) is 0 Å². The van der Waals surface area contributed by atoms with E-state index in [0.717, 1.165) is 10.6 Å². The zero-order valence-electron chi connectivity index (χ0n) is 11.6. The molecule has 0 aliphatic carbocycles. The predicted octanol–water partition coefficient (Wildman–Crippen LogP) is 3.87. The molecule has 0 heterocycles. The van der Waals surface area contributed by atoms with Gasteiger partial charge in [-0.1, -0.05) is 23.4 Å². The molecule has 0 aromatic heterocycles. The van der Waals surface area contributed by atoms with Crippen LogP contribution in [-0.4, -0.2) is 20.2 Å². The van der Waals surface area contributed by atoms with Crippen molar-refractivity contribution >= 4 is 35.0 Å². The van der Waals surface area contributed by atoms with E-state index in [1.807, 2.05) is 24.3 Å². The zero-order chi connectivity index (χ0) is 15.4. The van der Waals surface area contributed by atoms with Crippen molar-refractivity contribution in [1.82, 2.24) is 0 Å². The van der Waals surface area contributed by atoms with Crippen LogP contribution in [0.5, 0.6) is 5.75 Å². The first-order chi connectivity index (χ1) is 10.0. The van der Waals surface area contributed by atoms with Gasteiger partial charge in [0.1, 0.15) is 5.75 Å². The van der Waals surface area contributed by atoms with Crippen LogP contribution in [-0.2, 0) is 4.74 Å². The van der Waals surface area contributed by atoms with Gasteiger partial charge in [-0.15, -0.1) is 0 Å². The topological polar surface area (TPSA) is 61.5 Å². The van der Waals surface area contributed by atoms with Gasteiger partial charge in [0.25, 0.3) is 0 Å². The number of hydrogen-bond donors (Lipinski definition) is 1. The van der Waals surface area contributed by atoms with Crippen LogP contribution < -0.4 is 10.5 Å². The van der Waals surface area contributed by atoms with Crippen LogP contribution >= 0.6 is 23.4 Å². The van der Waals surface area contributed by atoms with E-state index in [9.17, 15) is 4.79 Å². The standard InChI is InChI=1S/C15H14ClNO3S/c1-19-10-3-5-11(6-4-10)21-14-12(15(18)20-2)7-9(17)8-13(14)16/h3-8H,17H2,1-2H3. The molecule has 2 rings (SSSR count). The third kappa shape index (κ3) is 3.62. The Kier molecular flexibility index (Phi) is 4.98. The lowest BCUT2D eigenvalue weighted by Crippen LogP contribution is -2.04. The van der Waals surface area contributed by atoms with Crippen molar-refractivity contribution in [1.29, 1.82) is 0 Å². The second-order valence-electron chi connectivity index (χ2n) is 4.15. The molecule has 2 aromatic carbocycles. The minimum atomic E-state index is -0.472. The molecule has 0 atom stereocenters. The monoisotopic (exact) mass is 323 g/mol. The zero-order valence-corrected chi connectivity index (χ0v) is 13.1. The summed E-state index contributed by atoms with van der Waals surface area (Å²) in [7, 11) is 2.93. The number of hydrogen-bond acceptors (Lipinski definition) is 5. The van der Waals surface area contributed by atoms with Gasteiger partial charge in [0.05, 0.1) is 24.8 Å². The quantitative estimate of drug-likeness (QED) is 0.683. The number of rotatable bonds is 4. The number of carbonyl (C=O) groups excluding carboxylic acids is 1. The summed E-state index contributed by atoms with van der Waals surface area (Å²) in [5, 5.41) is 0.413. The maximum Gasteiger partial charge on any atom is 0.339 e. The molecule has 0 aliphatic rings. The highest BCUT2D eigenvalue weighted by atomic mass is 35.5. The number of carbonyl (C=O) groups is 1. The molecule has 21 heavy (non-hydrogen) atoms. The van der Waals surface area contributed by atoms with Crippen molar-refractivity contribution in [2.75, 3.05) is 20.0 Å². The number of nitrogen functional groups attached to an aromatic ring is 1. The van der Waals surface area contributed by atoms with Gasteiger partial charge >= 0.3 is 5.97 Å². The average Bonchev–Trinajstić information content (AvgIpc) is 2.49. The minimum Gasteiger partial charge on any atom is -0.497 e. The highest BCUT2D eigenvalue weighted by Gasteiger charge is 2.17. The Bertz CT molecular complexity index is 659. The van der Waals surface area contributed by atoms with Gasteiger partial charge in [0.15, 0.2) is 0 Å². The first-order valence-electron chi connectivity index (χ1n) is 6.04. The minimum absolute atomic E-state index is 0.350. The van der Waals surface area contributed by atoms with Gasteiger partial charge < -0.3 is 15.2 Å². The normalized spacial score (nSPS) is 10.2. The molecule has 0 saturated heterocycles. The van der Waals surface area contributed by atoms with Crippen LogP contribution in [0.3, 0.4) is 0 Å². The molecule has 0 radical (unpaired) electrons. The predicted molar refractivity (Wildman–Crippen MR) is 84.3 cm³/mol. The van der Waals surface area contributed by atoms with E-state index in [1.54, 1.807) is 19.2 Å². The molecule has 2 N–H and O–H groups in total. The second kappa shape index (κ2) is 6.74. The van der Waals surface area contributed by atoms with Crippen molar-refractivity contribution in [2.24, 2.45) is 0 Å². The molecule has 0 bridgehead atoms. The van der Waals surface area contributed by atoms with Crippen LogP contribution in [0, 0.1) is 0 Å². The molecule has 110 valence electrons. The lowest BCUT2D eigenvalue weighted by molar-refractivity contribution is 0.0597. The number of esters is 1. The molecule has 4 nitrogen and oxygen atoms in total. The summed E-state index contributed by atoms with van der Waals surface area (Å²) in [6.45, 7) is 0. The average molecular weight is 324 g/mol. The van der Waals surface area contributed by atoms with Crippen molar-refractivity contribution in [2.45, 2.75) is 9.79 Å². The summed E-state index contributed by atoms with van der Waals surface area (Å²) in [4.78, 5) is 13.4. The van der Waals surface area contributed by atoms with Crippen molar-refractivity contribution in [3.05, 3.63) is 47.0 Å². The molecule has 0 unspecified atom stereocenters. The molecule has 0 saturated carbocycles. The highest BCUT2D eigenvalue weighted by molar-refractivity contribution is 7.99. The van der Waals surface area contributed by atoms with Crippen LogP contribution in [0.1, 0.15) is 10.4 Å². The van der Waals surface area contributed by atoms with Crippen molar-refractivity contribution in [3.8, 4) is 5.75 Å². The van der Waals surface area contributed by atoms with E-state index in [1.165, 1.54) is 18.9 Å². The largest absolute Gasteiger partial charge is 0.497 e. The molecule has 0 aliphatic heterocycles. The fourth-order valence-electron chi connectivity index (χ4n) is 1.74. The third-order valence-corrected chi connectivity index (χ3v) is 4.31. The Morgan fingerprint density at radius 1 is 1.19 bits per heavy atom. The SMILES string of the molecule is COC(=O)c1cc(N)cc(Cl)c1Sc1ccc(OC)cc1. The number of nitrogens with two attached hydrogens (primary N) is 1. The summed E-state index contributed by atoms with van der Waals surface area (Å²) < 4.78 is 9.89. The first-order valence-corrected chi connectivity index (χ1v) is 7.24. The number of halogens is 1. The van der Waals surface area contributed by atoms with Crippen molar-refractivity contribution in [3.63, 3.8) is 0 Å². The van der Waals surface area contributed by atoms with Crippen LogP contribution in [0.15, 0.2) is 46.2 Å². The summed E-state index contributed by atoms with van der Waals surface area (Å²) in [6, 6.07) is 10.6. The molecule has 2 aromatic rings. The van der Waals surface area contributed by atoms with E-state index in [4.69, 9.17) is 26.8 Å². The van der Waals surface area contributed by atoms with Crippen molar-refractivity contribution < 1.29 is 14.3 Å². The first kappa shape index (κ1) is 15.5. The summed E-state index contributed by atoms with van der Waals surface area (Å²) in [5.41, 5.74) is 6.50. The molecule has 0 spiro atoms. The fourth-order valence-corrected chi connectivity index (χ4v) is 3.00. The Morgan fingerprint density at radius 3 is 2.43 bits per heavy atom. The van der Waals surface area contributed by atoms with Gasteiger partial charge in [0, 0.05) is 15.5 Å². The van der Waals surface area contributed by atoms with Gasteiger partial charge in [-0.25, -0.2) is 4.79 Å². The van der Waals surface area contributed by atoms with E-state index < -0.39 is 5.97 Å². The van der Waals surface area contributed by atoms with Gasteiger partial charge in [-0.3, -0.25) is 0 Å². The maximum atomic E-state index is 11.9. The molecule has 0 amide bonds. The number of anilines is 1. The number of methoxy groups -OCH3 is 2. The van der Waals surface area contributed by atoms with Crippen LogP contribution in [0.4, 0.5) is 5.69 Å². The summed E-state index contributed by atoms with van der Waals surface area (Å²) >= 11 is 7.58. The van der Waals surface area contributed by atoms with E-state index in [-0.39, 0.29) is 0 Å². The molecular formula is C15H14ClNO3S. The number of ether oxygens (including phenoxy) is 2. The smallest absolute Gasteiger partial charge is 0.339 e. The highest BCUT2D eigenvalue weighted by Crippen LogP contribution is 2.38. The Morgan fingerprint density at radius 2 is 1.86 bits per heavy atom. The molecule has 6 heteroatoms. The Hall–Kier alpha value is -1.85. The van der Waals surface area contributed by atoms with E-state index in [2.05, 4.69) is 0 Å². The van der Waals surface area contributed by atoms with Gasteiger partial charge in [-0.2, -0.15) is 0 Å². The van der Waals surface area contributed by atoms with Gasteiger partial charge in [0.2, 0.25) is 0 Å². The Labute approximate surface area is 132 Å². The van der Waals surface area contributed by atoms with E-state index in [0.29, 0.717) is 21.2 Å². The number of benzene rings is 2. The van der Waals surface area contributed by atoms with E-state index >= 15 is 0 Å². The fraction of sp³-hybridized carbons (Fsp3) is 0.133. The lowest BCUT2D eigenvalue weighted by atomic mass is 10.2. The molecular weight excluding hydrogens is 310 g/mol. The lowest BCUT2D eigenvalue weighted by Gasteiger charge is -2.11. The third-order valence-electron chi connectivity index (χ3n) is 2.75.